The van der Waals surface area contributed by atoms with Crippen LogP contribution < -0.4 is 0 Å². The number of halogens is 1. The van der Waals surface area contributed by atoms with Gasteiger partial charge in [-0.15, -0.1) is 11.6 Å². The summed E-state index contributed by atoms with van der Waals surface area (Å²) in [5, 5.41) is 0. The molecule has 4 heteroatoms. The number of morpholine rings is 1. The number of alkyl halides is 1. The van der Waals surface area contributed by atoms with E-state index in [1.54, 1.807) is 0 Å². The number of carbonyl (C=O) groups is 1. The summed E-state index contributed by atoms with van der Waals surface area (Å²) in [6.07, 6.45) is 0. The molecule has 0 radical (unpaired) electrons. The third-order valence-corrected chi connectivity index (χ3v) is 2.71. The maximum atomic E-state index is 11.7. The summed E-state index contributed by atoms with van der Waals surface area (Å²) >= 11 is 5.70. The second-order valence-corrected chi connectivity index (χ2v) is 3.85. The Labute approximate surface area is 103 Å². The first kappa shape index (κ1) is 9.02. The number of hydrogen-bond acceptors (Lipinski definition) is 2. The molecule has 1 amide bonds. The van der Waals surface area contributed by atoms with Gasteiger partial charge in [0.2, 0.25) is 5.91 Å². The normalized spacial score (nSPS) is 21.6. The molecule has 1 aromatic carbocycles. The number of ether oxygens (including phenoxy) is 1. The van der Waals surface area contributed by atoms with Crippen LogP contribution in [0.1, 0.15) is 13.9 Å². The van der Waals surface area contributed by atoms with E-state index < -0.39 is 6.50 Å². The SMILES string of the molecule is [2H]C1([2H])COCC(=O)N1Cc1ccc(CCl)cc1. The van der Waals surface area contributed by atoms with Gasteiger partial charge in [0, 0.05) is 18.9 Å². The topological polar surface area (TPSA) is 29.5 Å². The first-order valence-corrected chi connectivity index (χ1v) is 5.58. The van der Waals surface area contributed by atoms with Gasteiger partial charge in [0.15, 0.2) is 0 Å². The van der Waals surface area contributed by atoms with Crippen molar-refractivity contribution >= 4 is 17.5 Å². The Bertz CT molecular complexity index is 436. The molecule has 0 unspecified atom stereocenters. The molecule has 1 saturated heterocycles. The highest BCUT2D eigenvalue weighted by molar-refractivity contribution is 6.17. The van der Waals surface area contributed by atoms with Crippen molar-refractivity contribution in [3.05, 3.63) is 35.4 Å². The van der Waals surface area contributed by atoms with Gasteiger partial charge >= 0.3 is 0 Å². The number of amides is 1. The van der Waals surface area contributed by atoms with E-state index in [1.165, 1.54) is 4.90 Å². The van der Waals surface area contributed by atoms with Gasteiger partial charge in [-0.05, 0) is 11.1 Å². The fraction of sp³-hybridized carbons (Fsp3) is 0.417. The van der Waals surface area contributed by atoms with Crippen molar-refractivity contribution < 1.29 is 12.3 Å². The van der Waals surface area contributed by atoms with Gasteiger partial charge in [-0.25, -0.2) is 0 Å². The number of benzene rings is 1. The molecule has 1 aliphatic rings. The molecule has 0 aliphatic carbocycles. The van der Waals surface area contributed by atoms with Gasteiger partial charge in [0.1, 0.15) is 6.61 Å². The predicted octanol–water partition coefficient (Wildman–Crippen LogP) is 1.78. The van der Waals surface area contributed by atoms with Crippen LogP contribution in [0.25, 0.3) is 0 Å². The van der Waals surface area contributed by atoms with Crippen molar-refractivity contribution in [3.63, 3.8) is 0 Å². The Kier molecular flexibility index (Phi) is 3.00. The van der Waals surface area contributed by atoms with E-state index in [4.69, 9.17) is 19.1 Å². The second-order valence-electron chi connectivity index (χ2n) is 3.58. The minimum atomic E-state index is -1.75. The lowest BCUT2D eigenvalue weighted by molar-refractivity contribution is -0.143. The van der Waals surface area contributed by atoms with E-state index in [2.05, 4.69) is 0 Å². The Hall–Kier alpha value is -1.06. The van der Waals surface area contributed by atoms with Gasteiger partial charge in [-0.1, -0.05) is 24.3 Å². The van der Waals surface area contributed by atoms with Crippen LogP contribution in [0.5, 0.6) is 0 Å². The van der Waals surface area contributed by atoms with Crippen molar-refractivity contribution in [1.82, 2.24) is 4.90 Å². The maximum Gasteiger partial charge on any atom is 0.248 e. The Morgan fingerprint density at radius 3 is 2.69 bits per heavy atom. The zero-order valence-corrected chi connectivity index (χ0v) is 9.54. The average molecular weight is 242 g/mol. The van der Waals surface area contributed by atoms with E-state index in [0.717, 1.165) is 11.1 Å². The smallest absolute Gasteiger partial charge is 0.248 e. The highest BCUT2D eigenvalue weighted by atomic mass is 35.5. The zero-order valence-electron chi connectivity index (χ0n) is 10.8. The molecule has 3 nitrogen and oxygen atoms in total. The lowest BCUT2D eigenvalue weighted by Crippen LogP contribution is -2.40. The van der Waals surface area contributed by atoms with Gasteiger partial charge < -0.3 is 9.64 Å². The molecule has 0 spiro atoms. The first-order chi connectivity index (χ1) is 8.53. The fourth-order valence-electron chi connectivity index (χ4n) is 1.49. The van der Waals surface area contributed by atoms with Crippen molar-refractivity contribution in [1.29, 1.82) is 0 Å². The molecule has 16 heavy (non-hydrogen) atoms. The van der Waals surface area contributed by atoms with Gasteiger partial charge in [-0.2, -0.15) is 0 Å². The second kappa shape index (κ2) is 5.32. The van der Waals surface area contributed by atoms with Crippen LogP contribution in [0, 0.1) is 0 Å². The van der Waals surface area contributed by atoms with Crippen LogP contribution in [0.3, 0.4) is 0 Å². The van der Waals surface area contributed by atoms with E-state index >= 15 is 0 Å². The maximum absolute atomic E-state index is 11.7. The summed E-state index contributed by atoms with van der Waals surface area (Å²) in [6.45, 7) is -1.64. The number of nitrogens with zero attached hydrogens (tertiary/aromatic N) is 1. The Morgan fingerprint density at radius 1 is 1.38 bits per heavy atom. The molecule has 0 atom stereocenters. The lowest BCUT2D eigenvalue weighted by Gasteiger charge is -2.26. The standard InChI is InChI=1S/C12H14ClNO2/c13-7-10-1-3-11(4-2-10)8-14-5-6-16-9-12(14)15/h1-4H,5-9H2/i5D2. The van der Waals surface area contributed by atoms with Crippen molar-refractivity contribution in [2.75, 3.05) is 19.7 Å². The minimum absolute atomic E-state index is 0.0563. The van der Waals surface area contributed by atoms with Crippen LogP contribution in [-0.2, 0) is 22.0 Å². The lowest BCUT2D eigenvalue weighted by atomic mass is 10.1. The van der Waals surface area contributed by atoms with Gasteiger partial charge in [-0.3, -0.25) is 4.79 Å². The molecule has 2 rings (SSSR count). The molecule has 1 aromatic rings. The van der Waals surface area contributed by atoms with Crippen molar-refractivity contribution in [2.45, 2.75) is 12.4 Å². The highest BCUT2D eigenvalue weighted by Crippen LogP contribution is 2.10. The quantitative estimate of drug-likeness (QED) is 0.755. The third kappa shape index (κ3) is 2.74. The summed E-state index contributed by atoms with van der Waals surface area (Å²) in [6, 6.07) is 7.47. The van der Waals surface area contributed by atoms with E-state index in [1.807, 2.05) is 24.3 Å². The molecular formula is C12H14ClNO2. The summed E-state index contributed by atoms with van der Waals surface area (Å²) in [5.74, 6) is 0.116. The number of hydrogen-bond donors (Lipinski definition) is 0. The fourth-order valence-corrected chi connectivity index (χ4v) is 1.67. The number of rotatable bonds is 3. The molecule has 0 aromatic heterocycles. The van der Waals surface area contributed by atoms with Gasteiger partial charge in [0.25, 0.3) is 0 Å². The molecule has 1 aliphatic heterocycles. The highest BCUT2D eigenvalue weighted by Gasteiger charge is 2.18. The average Bonchev–Trinajstić information content (AvgIpc) is 2.34. The van der Waals surface area contributed by atoms with Gasteiger partial charge in [0.05, 0.1) is 9.35 Å². The van der Waals surface area contributed by atoms with E-state index in [9.17, 15) is 4.79 Å². The van der Waals surface area contributed by atoms with Crippen LogP contribution >= 0.6 is 11.6 Å². The van der Waals surface area contributed by atoms with Crippen LogP contribution in [-0.4, -0.2) is 30.5 Å². The Morgan fingerprint density at radius 2 is 2.06 bits per heavy atom. The summed E-state index contributed by atoms with van der Waals surface area (Å²) in [4.78, 5) is 12.9. The predicted molar refractivity (Wildman–Crippen MR) is 62.2 cm³/mol. The monoisotopic (exact) mass is 241 g/mol. The van der Waals surface area contributed by atoms with Crippen molar-refractivity contribution in [3.8, 4) is 0 Å². The zero-order chi connectivity index (χ0) is 13.2. The largest absolute Gasteiger partial charge is 0.370 e. The summed E-state index contributed by atoms with van der Waals surface area (Å²) in [7, 11) is 0. The number of carbonyl (C=O) groups excluding carboxylic acids is 1. The summed E-state index contributed by atoms with van der Waals surface area (Å²) in [5.41, 5.74) is 1.87. The minimum Gasteiger partial charge on any atom is -0.370 e. The molecular weight excluding hydrogens is 226 g/mol. The third-order valence-electron chi connectivity index (χ3n) is 2.40. The van der Waals surface area contributed by atoms with Crippen LogP contribution in [0.2, 0.25) is 0 Å². The molecule has 0 N–H and O–H groups in total. The molecule has 0 bridgehead atoms. The van der Waals surface area contributed by atoms with Crippen LogP contribution in [0.4, 0.5) is 0 Å². The molecule has 86 valence electrons. The van der Waals surface area contributed by atoms with Crippen LogP contribution in [0.15, 0.2) is 24.3 Å². The molecule has 1 heterocycles. The molecule has 1 fully saturated rings. The first-order valence-electron chi connectivity index (χ1n) is 6.05. The Balaban J connectivity index is 2.13. The van der Waals surface area contributed by atoms with E-state index in [0.29, 0.717) is 5.88 Å². The van der Waals surface area contributed by atoms with E-state index in [-0.39, 0.29) is 25.7 Å². The van der Waals surface area contributed by atoms with Crippen molar-refractivity contribution in [2.24, 2.45) is 0 Å². The summed E-state index contributed by atoms with van der Waals surface area (Å²) < 4.78 is 20.5. The molecule has 0 saturated carbocycles.